The third-order valence-electron chi connectivity index (χ3n) is 4.57. The normalized spacial score (nSPS) is 24.4. The van der Waals surface area contributed by atoms with Gasteiger partial charge in [0.25, 0.3) is 0 Å². The van der Waals surface area contributed by atoms with Gasteiger partial charge in [0, 0.05) is 12.1 Å². The van der Waals surface area contributed by atoms with Gasteiger partial charge in [-0.2, -0.15) is 0 Å². The van der Waals surface area contributed by atoms with E-state index in [4.69, 9.17) is 4.74 Å². The average Bonchev–Trinajstić information content (AvgIpc) is 2.47. The summed E-state index contributed by atoms with van der Waals surface area (Å²) in [5, 5.41) is 3.69. The number of hydrogen-bond acceptors (Lipinski definition) is 2. The zero-order chi connectivity index (χ0) is 14.5. The van der Waals surface area contributed by atoms with E-state index in [9.17, 15) is 4.39 Å². The molecule has 0 radical (unpaired) electrons. The second-order valence-electron chi connectivity index (χ2n) is 5.84. The fourth-order valence-electron chi connectivity index (χ4n) is 3.29. The molecule has 0 heterocycles. The maximum Gasteiger partial charge on any atom is 0.165 e. The van der Waals surface area contributed by atoms with E-state index < -0.39 is 0 Å². The van der Waals surface area contributed by atoms with Crippen LogP contribution in [0.2, 0.25) is 0 Å². The Morgan fingerprint density at radius 2 is 2.10 bits per heavy atom. The molecule has 3 heteroatoms. The molecule has 112 valence electrons. The van der Waals surface area contributed by atoms with Crippen molar-refractivity contribution >= 4 is 0 Å². The molecule has 0 amide bonds. The summed E-state index contributed by atoms with van der Waals surface area (Å²) < 4.78 is 18.7. The number of methoxy groups -OCH3 is 1. The molecular weight excluding hydrogens is 253 g/mol. The van der Waals surface area contributed by atoms with E-state index in [1.165, 1.54) is 39.2 Å². The fraction of sp³-hybridized carbons (Fsp3) is 0.647. The lowest BCUT2D eigenvalue weighted by Gasteiger charge is -2.34. The lowest BCUT2D eigenvalue weighted by atomic mass is 9.82. The summed E-state index contributed by atoms with van der Waals surface area (Å²) >= 11 is 0. The molecule has 1 aliphatic rings. The molecular formula is C17H26FNO. The van der Waals surface area contributed by atoms with Crippen LogP contribution in [0.4, 0.5) is 4.39 Å². The van der Waals surface area contributed by atoms with Gasteiger partial charge in [-0.3, -0.25) is 0 Å². The first-order chi connectivity index (χ1) is 9.65. The van der Waals surface area contributed by atoms with Crippen LogP contribution in [0.3, 0.4) is 0 Å². The van der Waals surface area contributed by atoms with Crippen molar-refractivity contribution in [3.05, 3.63) is 29.6 Å². The van der Waals surface area contributed by atoms with Gasteiger partial charge in [0.1, 0.15) is 0 Å². The molecule has 2 rings (SSSR count). The van der Waals surface area contributed by atoms with Crippen molar-refractivity contribution in [3.8, 4) is 5.75 Å². The Kier molecular flexibility index (Phi) is 5.41. The monoisotopic (exact) mass is 279 g/mol. The van der Waals surface area contributed by atoms with Crippen molar-refractivity contribution in [2.45, 2.75) is 58.0 Å². The van der Waals surface area contributed by atoms with Crippen LogP contribution in [0.5, 0.6) is 5.75 Å². The van der Waals surface area contributed by atoms with Crippen molar-refractivity contribution < 1.29 is 9.13 Å². The third kappa shape index (κ3) is 3.51. The number of hydrogen-bond donors (Lipinski definition) is 1. The molecule has 0 aromatic heterocycles. The molecule has 3 unspecified atom stereocenters. The number of rotatable bonds is 5. The van der Waals surface area contributed by atoms with E-state index in [1.54, 1.807) is 12.1 Å². The molecule has 1 aromatic rings. The molecule has 2 nitrogen and oxygen atoms in total. The third-order valence-corrected chi connectivity index (χ3v) is 4.57. The highest BCUT2D eigenvalue weighted by Crippen LogP contribution is 2.29. The Morgan fingerprint density at radius 1 is 1.35 bits per heavy atom. The summed E-state index contributed by atoms with van der Waals surface area (Å²) in [6, 6.07) is 5.98. The van der Waals surface area contributed by atoms with Gasteiger partial charge in [0.05, 0.1) is 7.11 Å². The standard InChI is InChI=1S/C17H26FNO/c1-4-13-7-5-6-8-16(13)19-12(2)14-9-10-17(20-3)15(18)11-14/h9-13,16,19H,4-8H2,1-3H3. The highest BCUT2D eigenvalue weighted by molar-refractivity contribution is 5.30. The molecule has 1 fully saturated rings. The van der Waals surface area contributed by atoms with E-state index >= 15 is 0 Å². The summed E-state index contributed by atoms with van der Waals surface area (Å²) in [7, 11) is 1.49. The molecule has 0 bridgehead atoms. The Hall–Kier alpha value is -1.09. The number of benzene rings is 1. The van der Waals surface area contributed by atoms with E-state index in [2.05, 4.69) is 19.2 Å². The highest BCUT2D eigenvalue weighted by Gasteiger charge is 2.25. The second-order valence-corrected chi connectivity index (χ2v) is 5.84. The zero-order valence-electron chi connectivity index (χ0n) is 12.8. The lowest BCUT2D eigenvalue weighted by molar-refractivity contribution is 0.240. The Labute approximate surface area is 121 Å². The Morgan fingerprint density at radius 3 is 2.75 bits per heavy atom. The predicted molar refractivity (Wildman–Crippen MR) is 80.5 cm³/mol. The van der Waals surface area contributed by atoms with Crippen molar-refractivity contribution in [2.24, 2.45) is 5.92 Å². The largest absolute Gasteiger partial charge is 0.494 e. The maximum absolute atomic E-state index is 13.8. The minimum atomic E-state index is -0.283. The van der Waals surface area contributed by atoms with E-state index in [1.807, 2.05) is 6.07 Å². The summed E-state index contributed by atoms with van der Waals surface area (Å²) in [5.74, 6) is 0.786. The molecule has 0 aliphatic heterocycles. The minimum Gasteiger partial charge on any atom is -0.494 e. The van der Waals surface area contributed by atoms with E-state index in [0.29, 0.717) is 11.8 Å². The smallest absolute Gasteiger partial charge is 0.165 e. The molecule has 1 aromatic carbocycles. The van der Waals surface area contributed by atoms with Gasteiger partial charge in [-0.1, -0.05) is 32.3 Å². The molecule has 0 spiro atoms. The molecule has 1 saturated carbocycles. The van der Waals surface area contributed by atoms with E-state index in [0.717, 1.165) is 11.5 Å². The highest BCUT2D eigenvalue weighted by atomic mass is 19.1. The quantitative estimate of drug-likeness (QED) is 0.859. The minimum absolute atomic E-state index is 0.174. The van der Waals surface area contributed by atoms with Crippen LogP contribution in [0.15, 0.2) is 18.2 Å². The predicted octanol–water partition coefficient (Wildman–Crippen LogP) is 4.45. The summed E-state index contributed by atoms with van der Waals surface area (Å²) in [6.45, 7) is 4.38. The van der Waals surface area contributed by atoms with Crippen LogP contribution < -0.4 is 10.1 Å². The van der Waals surface area contributed by atoms with Gasteiger partial charge in [-0.15, -0.1) is 0 Å². The zero-order valence-corrected chi connectivity index (χ0v) is 12.8. The number of nitrogens with one attached hydrogen (secondary N) is 1. The van der Waals surface area contributed by atoms with Gasteiger partial charge < -0.3 is 10.1 Å². The van der Waals surface area contributed by atoms with Crippen LogP contribution >= 0.6 is 0 Å². The summed E-state index contributed by atoms with van der Waals surface area (Å²) in [4.78, 5) is 0. The summed E-state index contributed by atoms with van der Waals surface area (Å²) in [6.07, 6.45) is 6.43. The fourth-order valence-corrected chi connectivity index (χ4v) is 3.29. The molecule has 20 heavy (non-hydrogen) atoms. The van der Waals surface area contributed by atoms with Crippen molar-refractivity contribution in [1.29, 1.82) is 0 Å². The molecule has 1 N–H and O–H groups in total. The van der Waals surface area contributed by atoms with Crippen LogP contribution in [-0.4, -0.2) is 13.2 Å². The Bertz CT molecular complexity index is 435. The number of ether oxygens (including phenoxy) is 1. The van der Waals surface area contributed by atoms with Crippen molar-refractivity contribution in [3.63, 3.8) is 0 Å². The van der Waals surface area contributed by atoms with E-state index in [-0.39, 0.29) is 11.9 Å². The van der Waals surface area contributed by atoms with Crippen LogP contribution in [0.25, 0.3) is 0 Å². The first-order valence-corrected chi connectivity index (χ1v) is 7.75. The van der Waals surface area contributed by atoms with Gasteiger partial charge in [-0.05, 0) is 43.4 Å². The number of halogens is 1. The first kappa shape index (κ1) is 15.3. The lowest BCUT2D eigenvalue weighted by Crippen LogP contribution is -2.39. The molecule has 1 aliphatic carbocycles. The molecule has 0 saturated heterocycles. The van der Waals surface area contributed by atoms with Crippen LogP contribution in [0.1, 0.15) is 57.6 Å². The van der Waals surface area contributed by atoms with Gasteiger partial charge in [0.15, 0.2) is 11.6 Å². The van der Waals surface area contributed by atoms with Crippen molar-refractivity contribution in [1.82, 2.24) is 5.32 Å². The SMILES string of the molecule is CCC1CCCCC1NC(C)c1ccc(OC)c(F)c1. The average molecular weight is 279 g/mol. The summed E-state index contributed by atoms with van der Waals surface area (Å²) in [5.41, 5.74) is 0.990. The van der Waals surface area contributed by atoms with Crippen LogP contribution in [0, 0.1) is 11.7 Å². The molecule has 3 atom stereocenters. The second kappa shape index (κ2) is 7.07. The van der Waals surface area contributed by atoms with Crippen molar-refractivity contribution in [2.75, 3.05) is 7.11 Å². The Balaban J connectivity index is 2.03. The maximum atomic E-state index is 13.8. The topological polar surface area (TPSA) is 21.3 Å². The van der Waals surface area contributed by atoms with Crippen LogP contribution in [-0.2, 0) is 0 Å². The van der Waals surface area contributed by atoms with Gasteiger partial charge in [-0.25, -0.2) is 4.39 Å². The van der Waals surface area contributed by atoms with Gasteiger partial charge in [0.2, 0.25) is 0 Å². The van der Waals surface area contributed by atoms with Gasteiger partial charge >= 0.3 is 0 Å². The first-order valence-electron chi connectivity index (χ1n) is 7.75.